The van der Waals surface area contributed by atoms with E-state index in [1.807, 2.05) is 18.2 Å². The van der Waals surface area contributed by atoms with E-state index in [9.17, 15) is 0 Å². The van der Waals surface area contributed by atoms with Crippen molar-refractivity contribution >= 4 is 27.3 Å². The molecule has 0 unspecified atom stereocenters. The third kappa shape index (κ3) is 2.26. The number of thiazole rings is 1. The second-order valence-corrected chi connectivity index (χ2v) is 4.74. The molecular weight excluding hydrogens is 272 g/mol. The first-order valence-electron chi connectivity index (χ1n) is 4.81. The minimum Gasteiger partial charge on any atom is -0.254 e. The van der Waals surface area contributed by atoms with E-state index in [1.54, 1.807) is 17.5 Å². The fourth-order valence-corrected chi connectivity index (χ4v) is 3.01. The zero-order valence-electron chi connectivity index (χ0n) is 8.40. The molecule has 0 saturated carbocycles. The molecule has 0 radical (unpaired) electrons. The minimum absolute atomic E-state index is 0.876. The molecule has 2 aromatic rings. The Morgan fingerprint density at radius 2 is 2.27 bits per heavy atom. The second kappa shape index (κ2) is 4.86. The van der Waals surface area contributed by atoms with Crippen LogP contribution in [-0.2, 0) is 11.8 Å². The molecule has 0 amide bonds. The van der Waals surface area contributed by atoms with Gasteiger partial charge in [-0.05, 0) is 18.6 Å². The number of rotatable bonds is 3. The first-order valence-corrected chi connectivity index (χ1v) is 6.75. The Labute approximate surface area is 102 Å². The van der Waals surface area contributed by atoms with Gasteiger partial charge in [0.25, 0.3) is 0 Å². The Bertz CT molecular complexity index is 418. The van der Waals surface area contributed by atoms with Crippen molar-refractivity contribution in [1.29, 1.82) is 0 Å². The summed E-state index contributed by atoms with van der Waals surface area (Å²) in [7, 11) is 0. The van der Waals surface area contributed by atoms with Gasteiger partial charge >= 0.3 is 0 Å². The van der Waals surface area contributed by atoms with Crippen LogP contribution in [0.15, 0.2) is 24.4 Å². The summed E-state index contributed by atoms with van der Waals surface area (Å²) >= 11 is 5.20. The fourth-order valence-electron chi connectivity index (χ4n) is 1.36. The van der Waals surface area contributed by atoms with Crippen LogP contribution in [0, 0.1) is 0 Å². The molecule has 0 aromatic carbocycles. The number of hydrogen-bond acceptors (Lipinski definition) is 3. The molecule has 78 valence electrons. The summed E-state index contributed by atoms with van der Waals surface area (Å²) in [6.07, 6.45) is 2.78. The molecule has 15 heavy (non-hydrogen) atoms. The highest BCUT2D eigenvalue weighted by molar-refractivity contribution is 9.08. The van der Waals surface area contributed by atoms with Crippen LogP contribution in [-0.4, -0.2) is 9.97 Å². The van der Waals surface area contributed by atoms with Crippen molar-refractivity contribution in [2.24, 2.45) is 0 Å². The molecule has 0 atom stereocenters. The monoisotopic (exact) mass is 282 g/mol. The number of pyridine rings is 1. The maximum absolute atomic E-state index is 4.60. The quantitative estimate of drug-likeness (QED) is 0.803. The average molecular weight is 283 g/mol. The van der Waals surface area contributed by atoms with Gasteiger partial charge in [0.05, 0.1) is 11.4 Å². The minimum atomic E-state index is 0.876. The molecule has 0 fully saturated rings. The lowest BCUT2D eigenvalue weighted by Gasteiger charge is -1.92. The van der Waals surface area contributed by atoms with E-state index in [0.29, 0.717) is 0 Å². The number of alkyl halides is 1. The summed E-state index contributed by atoms with van der Waals surface area (Å²) < 4.78 is 0. The van der Waals surface area contributed by atoms with Crippen molar-refractivity contribution in [1.82, 2.24) is 9.97 Å². The molecule has 2 nitrogen and oxygen atoms in total. The number of nitrogens with zero attached hydrogens (tertiary/aromatic N) is 2. The fraction of sp³-hybridized carbons (Fsp3) is 0.273. The van der Waals surface area contributed by atoms with Crippen LogP contribution in [0.4, 0.5) is 0 Å². The van der Waals surface area contributed by atoms with Gasteiger partial charge in [0, 0.05) is 16.4 Å². The van der Waals surface area contributed by atoms with Crippen LogP contribution in [0.5, 0.6) is 0 Å². The van der Waals surface area contributed by atoms with E-state index in [-0.39, 0.29) is 0 Å². The summed E-state index contributed by atoms with van der Waals surface area (Å²) in [6, 6.07) is 5.91. The molecule has 0 saturated heterocycles. The van der Waals surface area contributed by atoms with Crippen molar-refractivity contribution in [2.75, 3.05) is 0 Å². The largest absolute Gasteiger partial charge is 0.254 e. The van der Waals surface area contributed by atoms with E-state index in [0.717, 1.165) is 22.5 Å². The van der Waals surface area contributed by atoms with E-state index in [1.165, 1.54) is 10.6 Å². The third-order valence-corrected chi connectivity index (χ3v) is 4.17. The van der Waals surface area contributed by atoms with Gasteiger partial charge in [0.15, 0.2) is 0 Å². The van der Waals surface area contributed by atoms with E-state index in [2.05, 4.69) is 32.8 Å². The van der Waals surface area contributed by atoms with E-state index in [4.69, 9.17) is 0 Å². The first kappa shape index (κ1) is 10.8. The van der Waals surface area contributed by atoms with Gasteiger partial charge in [-0.2, -0.15) is 0 Å². The van der Waals surface area contributed by atoms with Crippen molar-refractivity contribution in [2.45, 2.75) is 18.7 Å². The molecule has 0 N–H and O–H groups in total. The zero-order valence-corrected chi connectivity index (χ0v) is 10.8. The normalized spacial score (nSPS) is 10.5. The summed E-state index contributed by atoms with van der Waals surface area (Å²) in [4.78, 5) is 10.2. The Hall–Kier alpha value is -0.740. The van der Waals surface area contributed by atoms with Crippen molar-refractivity contribution in [3.8, 4) is 10.7 Å². The Balaban J connectivity index is 2.42. The maximum Gasteiger partial charge on any atom is 0.142 e. The molecule has 0 aliphatic rings. The van der Waals surface area contributed by atoms with Crippen molar-refractivity contribution in [3.63, 3.8) is 0 Å². The van der Waals surface area contributed by atoms with Gasteiger partial charge in [0.2, 0.25) is 0 Å². The first-order chi connectivity index (χ1) is 7.35. The average Bonchev–Trinajstić information content (AvgIpc) is 2.73. The SMILES string of the molecule is CCc1nc(-c2ccccn2)sc1CBr. The molecule has 2 aromatic heterocycles. The van der Waals surface area contributed by atoms with Crippen LogP contribution in [0.2, 0.25) is 0 Å². The molecule has 0 bridgehead atoms. The lowest BCUT2D eigenvalue weighted by Crippen LogP contribution is -1.85. The summed E-state index contributed by atoms with van der Waals surface area (Å²) in [6.45, 7) is 2.13. The Morgan fingerprint density at radius 3 is 2.80 bits per heavy atom. The number of hydrogen-bond donors (Lipinski definition) is 0. The van der Waals surface area contributed by atoms with Crippen LogP contribution in [0.1, 0.15) is 17.5 Å². The predicted molar refractivity (Wildman–Crippen MR) is 67.4 cm³/mol. The molecule has 0 aliphatic heterocycles. The summed E-state index contributed by atoms with van der Waals surface area (Å²) in [5.41, 5.74) is 2.14. The standard InChI is InChI=1S/C11H11BrN2S/c1-2-8-10(7-12)15-11(14-8)9-5-3-4-6-13-9/h3-6H,2,7H2,1H3. The van der Waals surface area contributed by atoms with Gasteiger partial charge in [-0.15, -0.1) is 11.3 Å². The van der Waals surface area contributed by atoms with Crippen molar-refractivity contribution < 1.29 is 0 Å². The van der Waals surface area contributed by atoms with Gasteiger partial charge in [-0.1, -0.05) is 28.9 Å². The lowest BCUT2D eigenvalue weighted by atomic mass is 10.3. The van der Waals surface area contributed by atoms with E-state index >= 15 is 0 Å². The van der Waals surface area contributed by atoms with Crippen LogP contribution >= 0.6 is 27.3 Å². The van der Waals surface area contributed by atoms with Gasteiger partial charge in [0.1, 0.15) is 5.01 Å². The number of halogens is 1. The topological polar surface area (TPSA) is 25.8 Å². The van der Waals surface area contributed by atoms with Crippen molar-refractivity contribution in [3.05, 3.63) is 35.0 Å². The Kier molecular flexibility index (Phi) is 3.49. The lowest BCUT2D eigenvalue weighted by molar-refractivity contribution is 1.04. The Morgan fingerprint density at radius 1 is 1.40 bits per heavy atom. The predicted octanol–water partition coefficient (Wildman–Crippen LogP) is 3.66. The molecule has 2 rings (SSSR count). The van der Waals surface area contributed by atoms with Gasteiger partial charge in [-0.25, -0.2) is 4.98 Å². The number of aromatic nitrogens is 2. The van der Waals surface area contributed by atoms with Crippen LogP contribution in [0.3, 0.4) is 0 Å². The summed E-state index contributed by atoms with van der Waals surface area (Å²) in [5, 5.41) is 1.89. The highest BCUT2D eigenvalue weighted by Crippen LogP contribution is 2.28. The van der Waals surface area contributed by atoms with Crippen LogP contribution in [0.25, 0.3) is 10.7 Å². The van der Waals surface area contributed by atoms with Crippen LogP contribution < -0.4 is 0 Å². The zero-order chi connectivity index (χ0) is 10.7. The smallest absolute Gasteiger partial charge is 0.142 e. The molecule has 0 aliphatic carbocycles. The van der Waals surface area contributed by atoms with Gasteiger partial charge < -0.3 is 0 Å². The molecular formula is C11H11BrN2S. The summed E-state index contributed by atoms with van der Waals surface area (Å²) in [5.74, 6) is 0. The molecule has 0 spiro atoms. The highest BCUT2D eigenvalue weighted by atomic mass is 79.9. The maximum atomic E-state index is 4.60. The second-order valence-electron chi connectivity index (χ2n) is 3.09. The highest BCUT2D eigenvalue weighted by Gasteiger charge is 2.10. The third-order valence-electron chi connectivity index (χ3n) is 2.12. The number of aryl methyl sites for hydroxylation is 1. The molecule has 4 heteroatoms. The van der Waals surface area contributed by atoms with E-state index < -0.39 is 0 Å². The molecule has 2 heterocycles. The van der Waals surface area contributed by atoms with Gasteiger partial charge in [-0.3, -0.25) is 4.98 Å².